The van der Waals surface area contributed by atoms with E-state index < -0.39 is 26.1 Å². The minimum absolute atomic E-state index is 0.311. The van der Waals surface area contributed by atoms with E-state index in [9.17, 15) is 10.2 Å². The van der Waals surface area contributed by atoms with Crippen LogP contribution in [0.1, 0.15) is 106 Å². The van der Waals surface area contributed by atoms with Crippen LogP contribution in [0, 0.1) is 34.5 Å². The summed E-state index contributed by atoms with van der Waals surface area (Å²) in [4.78, 5) is 0. The first kappa shape index (κ1) is 31.8. The van der Waals surface area contributed by atoms with Crippen LogP contribution in [0.4, 0.5) is 0 Å². The van der Waals surface area contributed by atoms with Gasteiger partial charge >= 0.3 is 0 Å². The van der Waals surface area contributed by atoms with Gasteiger partial charge < -0.3 is 14.6 Å². The average Bonchev–Trinajstić information content (AvgIpc) is 3.20. The molecule has 2 N–H and O–H groups in total. The van der Waals surface area contributed by atoms with Crippen molar-refractivity contribution in [3.05, 3.63) is 36.0 Å². The van der Waals surface area contributed by atoms with Gasteiger partial charge in [0.1, 0.15) is 5.60 Å². The first-order chi connectivity index (χ1) is 17.7. The Morgan fingerprint density at radius 1 is 1.05 bits per heavy atom. The number of aliphatic hydroxyl groups is 2. The van der Waals surface area contributed by atoms with Crippen LogP contribution in [0.25, 0.3) is 0 Å². The molecule has 38 heavy (non-hydrogen) atoms. The molecule has 3 rings (SSSR count). The van der Waals surface area contributed by atoms with Crippen LogP contribution in [0.15, 0.2) is 36.0 Å². The van der Waals surface area contributed by atoms with Gasteiger partial charge in [-0.3, -0.25) is 0 Å². The summed E-state index contributed by atoms with van der Waals surface area (Å²) in [6.07, 6.45) is 22.0. The highest BCUT2D eigenvalue weighted by Crippen LogP contribution is 2.59. The molecular weight excluding hydrogens is 484 g/mol. The van der Waals surface area contributed by atoms with Gasteiger partial charge in [-0.2, -0.15) is 0 Å². The Labute approximate surface area is 236 Å². The van der Waals surface area contributed by atoms with Gasteiger partial charge in [-0.25, -0.2) is 0 Å². The van der Waals surface area contributed by atoms with Crippen LogP contribution >= 0.6 is 0 Å². The quantitative estimate of drug-likeness (QED) is 0.164. The Hall–Kier alpha value is -0.683. The van der Waals surface area contributed by atoms with Gasteiger partial charge in [0, 0.05) is 0 Å². The smallest absolute Gasteiger partial charge is 0.184 e. The molecule has 0 aliphatic heterocycles. The van der Waals surface area contributed by atoms with Gasteiger partial charge in [-0.1, -0.05) is 70.6 Å². The van der Waals surface area contributed by atoms with Crippen molar-refractivity contribution < 1.29 is 14.6 Å². The zero-order valence-electron chi connectivity index (χ0n) is 26.2. The molecule has 0 aromatic heterocycles. The number of rotatable bonds is 10. The first-order valence-electron chi connectivity index (χ1n) is 15.8. The van der Waals surface area contributed by atoms with Gasteiger partial charge in [-0.15, -0.1) is 0 Å². The van der Waals surface area contributed by atoms with Crippen LogP contribution in [0.2, 0.25) is 19.6 Å². The van der Waals surface area contributed by atoms with E-state index in [0.29, 0.717) is 28.6 Å². The largest absolute Gasteiger partial charge is 0.407 e. The lowest BCUT2D eigenvalue weighted by Crippen LogP contribution is -2.59. The third-order valence-electron chi connectivity index (χ3n) is 11.0. The summed E-state index contributed by atoms with van der Waals surface area (Å²) in [5, 5.41) is 22.0. The molecular formula is C34H60O3Si. The molecule has 3 nitrogen and oxygen atoms in total. The van der Waals surface area contributed by atoms with Crippen LogP contribution in [-0.2, 0) is 4.43 Å². The highest BCUT2D eigenvalue weighted by molar-refractivity contribution is 6.69. The number of fused-ring (bicyclic) bond motifs is 1. The SMILES string of the molecule is CCC(C)(/C=C/C=C/[C@@H](C)C1CCC2/C(=C/C[C@H]3C[C@@H](O)[C@@](C)(O[Si](C)(C)C)[C@H](O)C3)CCCC21C)CC. The van der Waals surface area contributed by atoms with E-state index in [1.54, 1.807) is 5.57 Å². The topological polar surface area (TPSA) is 49.7 Å². The molecule has 6 atom stereocenters. The maximum absolute atomic E-state index is 11.0. The van der Waals surface area contributed by atoms with Gasteiger partial charge in [0.05, 0.1) is 12.2 Å². The van der Waals surface area contributed by atoms with E-state index in [0.717, 1.165) is 25.2 Å². The monoisotopic (exact) mass is 544 g/mol. The number of hydrogen-bond acceptors (Lipinski definition) is 3. The molecule has 0 aromatic rings. The molecule has 3 aliphatic carbocycles. The van der Waals surface area contributed by atoms with Crippen LogP contribution < -0.4 is 0 Å². The fourth-order valence-electron chi connectivity index (χ4n) is 8.06. The standard InChI is InChI=1S/C34H60O3Si/c1-10-32(4,11-2)21-13-12-15-25(3)28-19-20-29-27(16-14-22-33(28,29)5)18-17-26-23-30(35)34(6,31(36)24-26)37-38(7,8)9/h12-13,15,18,21,25-26,28-31,35-36H,10-11,14,16-17,19-20,22-24H2,1-9H3/b15-12+,21-13+,27-18+/t25-,26-,28?,29?,30-,31-,33?,34+/m1/s1. The summed E-state index contributed by atoms with van der Waals surface area (Å²) in [7, 11) is -1.87. The lowest BCUT2D eigenvalue weighted by atomic mass is 9.61. The normalized spacial score (nSPS) is 38.8. The molecule has 3 fully saturated rings. The van der Waals surface area contributed by atoms with Gasteiger partial charge in [0.15, 0.2) is 8.32 Å². The number of aliphatic hydroxyl groups excluding tert-OH is 2. The summed E-state index contributed by atoms with van der Waals surface area (Å²) in [6, 6.07) is 0. The van der Waals surface area contributed by atoms with Crippen LogP contribution in [-0.4, -0.2) is 36.3 Å². The summed E-state index contributed by atoms with van der Waals surface area (Å²) in [5.41, 5.74) is 1.52. The number of allylic oxidation sites excluding steroid dienone is 6. The van der Waals surface area contributed by atoms with E-state index >= 15 is 0 Å². The third kappa shape index (κ3) is 7.14. The molecule has 0 radical (unpaired) electrons. The predicted octanol–water partition coefficient (Wildman–Crippen LogP) is 8.84. The lowest BCUT2D eigenvalue weighted by Gasteiger charge is -2.48. The van der Waals surface area contributed by atoms with E-state index in [-0.39, 0.29) is 0 Å². The highest BCUT2D eigenvalue weighted by atomic mass is 28.4. The molecule has 0 heterocycles. The minimum atomic E-state index is -1.87. The van der Waals surface area contributed by atoms with E-state index in [1.165, 1.54) is 44.9 Å². The molecule has 218 valence electrons. The Morgan fingerprint density at radius 3 is 2.26 bits per heavy atom. The zero-order valence-corrected chi connectivity index (χ0v) is 27.2. The Kier molecular flexibility index (Phi) is 10.4. The molecule has 3 unspecified atom stereocenters. The lowest BCUT2D eigenvalue weighted by molar-refractivity contribution is -0.156. The summed E-state index contributed by atoms with van der Waals surface area (Å²) in [6.45, 7) is 20.2. The van der Waals surface area contributed by atoms with Crippen molar-refractivity contribution in [1.82, 2.24) is 0 Å². The highest BCUT2D eigenvalue weighted by Gasteiger charge is 2.51. The number of hydrogen-bond donors (Lipinski definition) is 2. The average molecular weight is 545 g/mol. The van der Waals surface area contributed by atoms with Crippen molar-refractivity contribution in [3.8, 4) is 0 Å². The Morgan fingerprint density at radius 2 is 1.68 bits per heavy atom. The summed E-state index contributed by atoms with van der Waals surface area (Å²) in [5.74, 6) is 2.34. The van der Waals surface area contributed by atoms with Crippen molar-refractivity contribution in [2.75, 3.05) is 0 Å². The van der Waals surface area contributed by atoms with Crippen molar-refractivity contribution >= 4 is 8.32 Å². The minimum Gasteiger partial charge on any atom is -0.407 e. The molecule has 4 heteroatoms. The van der Waals surface area contributed by atoms with Crippen molar-refractivity contribution in [2.45, 2.75) is 143 Å². The summed E-state index contributed by atoms with van der Waals surface area (Å²) < 4.78 is 6.31. The van der Waals surface area contributed by atoms with E-state index in [1.807, 2.05) is 6.92 Å². The van der Waals surface area contributed by atoms with E-state index in [4.69, 9.17) is 4.43 Å². The van der Waals surface area contributed by atoms with Gasteiger partial charge in [-0.05, 0) is 125 Å². The molecule has 0 bridgehead atoms. The fraction of sp³-hybridized carbons (Fsp3) is 0.824. The van der Waals surface area contributed by atoms with Gasteiger partial charge in [0.2, 0.25) is 0 Å². The molecule has 3 aliphatic rings. The maximum Gasteiger partial charge on any atom is 0.184 e. The molecule has 0 aromatic carbocycles. The zero-order chi connectivity index (χ0) is 28.4. The first-order valence-corrected chi connectivity index (χ1v) is 19.2. The van der Waals surface area contributed by atoms with Crippen LogP contribution in [0.3, 0.4) is 0 Å². The summed E-state index contributed by atoms with van der Waals surface area (Å²) >= 11 is 0. The van der Waals surface area contributed by atoms with Crippen molar-refractivity contribution in [3.63, 3.8) is 0 Å². The second kappa shape index (κ2) is 12.5. The third-order valence-corrected chi connectivity index (χ3v) is 12.0. The second-order valence-electron chi connectivity index (χ2n) is 14.8. The Balaban J connectivity index is 1.64. The Bertz CT molecular complexity index is 851. The molecule has 3 saturated carbocycles. The van der Waals surface area contributed by atoms with E-state index in [2.05, 4.69) is 84.6 Å². The molecule has 0 spiro atoms. The van der Waals surface area contributed by atoms with Crippen molar-refractivity contribution in [2.24, 2.45) is 34.5 Å². The second-order valence-corrected chi connectivity index (χ2v) is 19.3. The molecule has 0 amide bonds. The molecule has 0 saturated heterocycles. The predicted molar refractivity (Wildman–Crippen MR) is 165 cm³/mol. The fourth-order valence-corrected chi connectivity index (χ4v) is 9.65. The maximum atomic E-state index is 11.0. The van der Waals surface area contributed by atoms with Gasteiger partial charge in [0.25, 0.3) is 0 Å². The van der Waals surface area contributed by atoms with Crippen LogP contribution in [0.5, 0.6) is 0 Å². The van der Waals surface area contributed by atoms with Crippen molar-refractivity contribution in [1.29, 1.82) is 0 Å².